The maximum atomic E-state index is 12.2. The number of esters is 2. The molecule has 0 N–H and O–H groups in total. The van der Waals surface area contributed by atoms with Gasteiger partial charge >= 0.3 is 11.9 Å². The van der Waals surface area contributed by atoms with Crippen LogP contribution >= 0.6 is 0 Å². The minimum atomic E-state index is -0.339. The number of rotatable bonds is 7. The third kappa shape index (κ3) is 3.80. The van der Waals surface area contributed by atoms with Crippen LogP contribution < -0.4 is 0 Å². The Morgan fingerprint density at radius 1 is 1.18 bits per heavy atom. The van der Waals surface area contributed by atoms with Gasteiger partial charge in [0.2, 0.25) is 0 Å². The van der Waals surface area contributed by atoms with E-state index in [1.165, 1.54) is 7.11 Å². The Morgan fingerprint density at radius 2 is 1.95 bits per heavy atom. The normalized spacial score (nSPS) is 31.0. The first-order valence-electron chi connectivity index (χ1n) is 8.57. The molecular formula is C17H29NO4. The quantitative estimate of drug-likeness (QED) is 0.534. The van der Waals surface area contributed by atoms with E-state index < -0.39 is 0 Å². The second-order valence-corrected chi connectivity index (χ2v) is 6.59. The summed E-state index contributed by atoms with van der Waals surface area (Å²) in [5.74, 6) is -0.756. The zero-order valence-electron chi connectivity index (χ0n) is 14.0. The van der Waals surface area contributed by atoms with E-state index in [1.807, 2.05) is 0 Å². The first-order chi connectivity index (χ1) is 10.6. The zero-order chi connectivity index (χ0) is 16.1. The molecule has 0 aliphatic carbocycles. The van der Waals surface area contributed by atoms with Gasteiger partial charge in [-0.05, 0) is 26.3 Å². The lowest BCUT2D eigenvalue weighted by Crippen LogP contribution is -2.53. The minimum Gasteiger partial charge on any atom is -0.469 e. The van der Waals surface area contributed by atoms with Crippen LogP contribution in [0.25, 0.3) is 0 Å². The summed E-state index contributed by atoms with van der Waals surface area (Å²) in [6.45, 7) is 2.15. The van der Waals surface area contributed by atoms with Crippen molar-refractivity contribution in [1.29, 1.82) is 0 Å². The number of carbonyl (C=O) groups is 2. The molecular weight excluding hydrogens is 282 g/mol. The smallest absolute Gasteiger partial charge is 0.314 e. The van der Waals surface area contributed by atoms with Crippen LogP contribution in [0.1, 0.15) is 58.3 Å². The van der Waals surface area contributed by atoms with Crippen molar-refractivity contribution in [2.24, 2.45) is 5.92 Å². The van der Waals surface area contributed by atoms with E-state index in [2.05, 4.69) is 18.9 Å². The molecule has 4 atom stereocenters. The van der Waals surface area contributed by atoms with Crippen molar-refractivity contribution in [1.82, 2.24) is 4.90 Å². The maximum Gasteiger partial charge on any atom is 0.314 e. The fraction of sp³-hybridized carbons (Fsp3) is 0.882. The van der Waals surface area contributed by atoms with Crippen molar-refractivity contribution in [3.05, 3.63) is 0 Å². The number of hydrogen-bond donors (Lipinski definition) is 0. The Bertz CT molecular complexity index is 398. The zero-order valence-corrected chi connectivity index (χ0v) is 14.0. The van der Waals surface area contributed by atoms with Crippen LogP contribution in [0.2, 0.25) is 0 Å². The van der Waals surface area contributed by atoms with Gasteiger partial charge in [0.1, 0.15) is 12.0 Å². The summed E-state index contributed by atoms with van der Waals surface area (Å²) in [5.41, 5.74) is 0. The molecule has 2 aliphatic heterocycles. The van der Waals surface area contributed by atoms with E-state index in [9.17, 15) is 9.59 Å². The number of fused-ring (bicyclic) bond motifs is 2. The highest BCUT2D eigenvalue weighted by Gasteiger charge is 2.50. The molecule has 0 aromatic heterocycles. The molecule has 5 heteroatoms. The van der Waals surface area contributed by atoms with Crippen LogP contribution in [0.5, 0.6) is 0 Å². The van der Waals surface area contributed by atoms with Gasteiger partial charge in [0.25, 0.3) is 0 Å². The van der Waals surface area contributed by atoms with Crippen LogP contribution in [0.3, 0.4) is 0 Å². The maximum absolute atomic E-state index is 12.2. The average molecular weight is 311 g/mol. The summed E-state index contributed by atoms with van der Waals surface area (Å²) in [6, 6.07) is 0.563. The first kappa shape index (κ1) is 17.3. The van der Waals surface area contributed by atoms with Crippen molar-refractivity contribution in [2.45, 2.75) is 76.5 Å². The molecule has 2 fully saturated rings. The van der Waals surface area contributed by atoms with Crippen LogP contribution in [-0.2, 0) is 19.1 Å². The van der Waals surface area contributed by atoms with Gasteiger partial charge in [-0.3, -0.25) is 14.5 Å². The predicted octanol–water partition coefficient (Wildman–Crippen LogP) is 2.52. The topological polar surface area (TPSA) is 55.8 Å². The Balaban J connectivity index is 1.93. The van der Waals surface area contributed by atoms with Crippen LogP contribution in [0.4, 0.5) is 0 Å². The molecule has 22 heavy (non-hydrogen) atoms. The van der Waals surface area contributed by atoms with E-state index in [0.29, 0.717) is 12.5 Å². The molecule has 0 aromatic carbocycles. The van der Waals surface area contributed by atoms with Crippen LogP contribution in [-0.4, -0.2) is 49.2 Å². The van der Waals surface area contributed by atoms with Crippen molar-refractivity contribution in [2.75, 3.05) is 14.2 Å². The molecule has 0 amide bonds. The number of carbonyl (C=O) groups excluding carboxylic acids is 2. The lowest BCUT2D eigenvalue weighted by atomic mass is 9.87. The van der Waals surface area contributed by atoms with Crippen molar-refractivity contribution < 1.29 is 19.1 Å². The van der Waals surface area contributed by atoms with E-state index in [1.54, 1.807) is 0 Å². The molecule has 126 valence electrons. The average Bonchev–Trinajstić information content (AvgIpc) is 2.74. The number of hydrogen-bond acceptors (Lipinski definition) is 5. The van der Waals surface area contributed by atoms with Crippen molar-refractivity contribution >= 4 is 11.9 Å². The van der Waals surface area contributed by atoms with Gasteiger partial charge in [-0.15, -0.1) is 0 Å². The number of methoxy groups -OCH3 is 1. The monoisotopic (exact) mass is 311 g/mol. The highest BCUT2D eigenvalue weighted by atomic mass is 16.6. The first-order valence-corrected chi connectivity index (χ1v) is 8.57. The van der Waals surface area contributed by atoms with E-state index in [0.717, 1.165) is 44.9 Å². The van der Waals surface area contributed by atoms with Crippen LogP contribution in [0, 0.1) is 5.92 Å². The van der Waals surface area contributed by atoms with Crippen molar-refractivity contribution in [3.63, 3.8) is 0 Å². The number of unbranched alkanes of at least 4 members (excludes halogenated alkanes) is 3. The molecule has 0 spiro atoms. The molecule has 0 aromatic rings. The van der Waals surface area contributed by atoms with Gasteiger partial charge in [-0.2, -0.15) is 0 Å². The molecule has 0 radical (unpaired) electrons. The fourth-order valence-electron chi connectivity index (χ4n) is 3.91. The molecule has 2 rings (SSSR count). The summed E-state index contributed by atoms with van der Waals surface area (Å²) >= 11 is 0. The van der Waals surface area contributed by atoms with Gasteiger partial charge in [-0.1, -0.05) is 26.2 Å². The highest BCUT2D eigenvalue weighted by Crippen LogP contribution is 2.40. The van der Waals surface area contributed by atoms with Gasteiger partial charge in [0, 0.05) is 24.9 Å². The molecule has 0 saturated carbocycles. The molecule has 2 saturated heterocycles. The number of piperidine rings is 1. The molecule has 2 bridgehead atoms. The molecule has 5 nitrogen and oxygen atoms in total. The van der Waals surface area contributed by atoms with E-state index in [-0.39, 0.29) is 30.0 Å². The Kier molecular flexibility index (Phi) is 6.24. The second-order valence-electron chi connectivity index (χ2n) is 6.59. The Hall–Kier alpha value is -1.10. The Labute approximate surface area is 133 Å². The summed E-state index contributed by atoms with van der Waals surface area (Å²) < 4.78 is 10.6. The van der Waals surface area contributed by atoms with Gasteiger partial charge in [-0.25, -0.2) is 0 Å². The highest BCUT2D eigenvalue weighted by molar-refractivity contribution is 5.75. The SMILES string of the molecule is CCCCCCC(=O)O[C@H]1C[C@@H]2CC[C@H]([C@H]1C(=O)OC)N2C. The molecule has 0 unspecified atom stereocenters. The van der Waals surface area contributed by atoms with Crippen molar-refractivity contribution in [3.8, 4) is 0 Å². The fourth-order valence-corrected chi connectivity index (χ4v) is 3.91. The number of nitrogens with zero attached hydrogens (tertiary/aromatic N) is 1. The van der Waals surface area contributed by atoms with Gasteiger partial charge < -0.3 is 9.47 Å². The molecule has 2 aliphatic rings. The van der Waals surface area contributed by atoms with E-state index >= 15 is 0 Å². The predicted molar refractivity (Wildman–Crippen MR) is 83.3 cm³/mol. The van der Waals surface area contributed by atoms with Crippen LogP contribution in [0.15, 0.2) is 0 Å². The minimum absolute atomic E-state index is 0.143. The lowest BCUT2D eigenvalue weighted by molar-refractivity contribution is -0.168. The summed E-state index contributed by atoms with van der Waals surface area (Å²) in [7, 11) is 3.47. The number of ether oxygens (including phenoxy) is 2. The Morgan fingerprint density at radius 3 is 2.64 bits per heavy atom. The summed E-state index contributed by atoms with van der Waals surface area (Å²) in [5, 5.41) is 0. The molecule has 2 heterocycles. The summed E-state index contributed by atoms with van der Waals surface area (Å²) in [4.78, 5) is 26.5. The van der Waals surface area contributed by atoms with E-state index in [4.69, 9.17) is 9.47 Å². The standard InChI is InChI=1S/C17H29NO4/c1-4-5-6-7-8-15(19)22-14-11-12-9-10-13(18(12)2)16(14)17(20)21-3/h12-14,16H,4-11H2,1-3H3/t12-,13+,14-,16+/m0/s1. The van der Waals surface area contributed by atoms with Gasteiger partial charge in [0.05, 0.1) is 7.11 Å². The third-order valence-electron chi connectivity index (χ3n) is 5.20. The van der Waals surface area contributed by atoms with Gasteiger partial charge in [0.15, 0.2) is 0 Å². The third-order valence-corrected chi connectivity index (χ3v) is 5.20. The largest absolute Gasteiger partial charge is 0.469 e. The lowest BCUT2D eigenvalue weighted by Gasteiger charge is -2.40. The summed E-state index contributed by atoms with van der Waals surface area (Å²) in [6.07, 6.45) is 7.15. The second kappa shape index (κ2) is 7.95.